The average molecular weight is 1080 g/mol. The number of fused-ring (bicyclic) bond motifs is 8. The molecule has 0 aliphatic rings. The predicted molar refractivity (Wildman–Crippen MR) is 356 cm³/mol. The quantitative estimate of drug-likeness (QED) is 0.110. The van der Waals surface area contributed by atoms with Crippen molar-refractivity contribution in [1.82, 2.24) is 14.1 Å². The van der Waals surface area contributed by atoms with Gasteiger partial charge in [-0.05, 0) is 182 Å². The lowest BCUT2D eigenvalue weighted by Crippen LogP contribution is -2.33. The average Bonchev–Trinajstić information content (AvgIpc) is 2.02. The number of imidazole rings is 2. The molecule has 85 heavy (non-hydrogen) atoms. The van der Waals surface area contributed by atoms with E-state index in [2.05, 4.69) is 324 Å². The number of hydrogen-bond acceptors (Lipinski definition) is 1. The van der Waals surface area contributed by atoms with E-state index in [1.54, 1.807) is 0 Å². The summed E-state index contributed by atoms with van der Waals surface area (Å²) in [6.07, 6.45) is 0. The minimum Gasteiger partial charge on any atom is -0.292 e. The number of para-hydroxylation sites is 4. The smallest absolute Gasteiger partial charge is 0.264 e. The summed E-state index contributed by atoms with van der Waals surface area (Å²) >= 11 is 0. The van der Waals surface area contributed by atoms with E-state index in [9.17, 15) is 0 Å². The van der Waals surface area contributed by atoms with Gasteiger partial charge in [-0.2, -0.15) is 9.13 Å². The number of benzene rings is 15. The Morgan fingerprint density at radius 2 is 0.671 bits per heavy atom. The molecule has 0 saturated carbocycles. The summed E-state index contributed by atoms with van der Waals surface area (Å²) in [6, 6.07) is 111. The van der Waals surface area contributed by atoms with Crippen LogP contribution in [0.4, 0.5) is 0 Å². The van der Waals surface area contributed by atoms with Crippen LogP contribution in [0.3, 0.4) is 0 Å². The standard InChI is InChI=1S/C81H53N4/c1-52-83(62-44-39-54(40-45-62)77-65-23-7-11-27-69(65)79(70-28-12-8-24-66(70)77)60-37-35-53-19-5-6-22-57(53)49-60)75-33-17-18-34-76(75)84(52)64-48-43-58-50-61(38-36-59(58)51-64)80-71-29-13-9-25-67(71)78(68-26-10-14-30-72(68)80)55-41-46-63(47-42-55)85-74-32-16-15-31-73(74)82-81(85)56-20-3-2-4-21-56/h2-51H,1H3/q+1. The van der Waals surface area contributed by atoms with Crippen LogP contribution in [-0.4, -0.2) is 14.1 Å². The van der Waals surface area contributed by atoms with Gasteiger partial charge in [0.15, 0.2) is 11.0 Å². The van der Waals surface area contributed by atoms with Crippen molar-refractivity contribution < 1.29 is 4.57 Å². The Kier molecular flexibility index (Phi) is 11.1. The second-order valence-corrected chi connectivity index (χ2v) is 22.4. The fourth-order valence-electron chi connectivity index (χ4n) is 13.9. The number of rotatable bonds is 8. The zero-order valence-corrected chi connectivity index (χ0v) is 46.7. The Morgan fingerprint density at radius 1 is 0.282 bits per heavy atom. The van der Waals surface area contributed by atoms with E-state index in [-0.39, 0.29) is 0 Å². The minimum atomic E-state index is 0.931. The normalized spacial score (nSPS) is 11.8. The van der Waals surface area contributed by atoms with Gasteiger partial charge < -0.3 is 0 Å². The molecule has 15 aromatic carbocycles. The van der Waals surface area contributed by atoms with E-state index in [1.165, 1.54) is 109 Å². The summed E-state index contributed by atoms with van der Waals surface area (Å²) in [7, 11) is 0. The molecule has 4 heteroatoms. The van der Waals surface area contributed by atoms with Crippen LogP contribution in [0.15, 0.2) is 303 Å². The molecular formula is C81H53N4+. The monoisotopic (exact) mass is 1080 g/mol. The van der Waals surface area contributed by atoms with Gasteiger partial charge in [0.05, 0.1) is 11.0 Å². The lowest BCUT2D eigenvalue weighted by Gasteiger charge is -2.18. The molecule has 0 spiro atoms. The molecule has 17 aromatic rings. The van der Waals surface area contributed by atoms with Crippen LogP contribution in [0.1, 0.15) is 5.82 Å². The predicted octanol–water partition coefficient (Wildman–Crippen LogP) is 20.8. The van der Waals surface area contributed by atoms with E-state index in [4.69, 9.17) is 4.98 Å². The molecule has 0 radical (unpaired) electrons. The molecule has 0 unspecified atom stereocenters. The van der Waals surface area contributed by atoms with Gasteiger partial charge in [-0.25, -0.2) is 4.98 Å². The van der Waals surface area contributed by atoms with Crippen molar-refractivity contribution in [3.8, 4) is 73.0 Å². The van der Waals surface area contributed by atoms with Gasteiger partial charge in [0, 0.05) is 18.2 Å². The van der Waals surface area contributed by atoms with Gasteiger partial charge in [-0.15, -0.1) is 0 Å². The summed E-state index contributed by atoms with van der Waals surface area (Å²) in [5.74, 6) is 2.06. The van der Waals surface area contributed by atoms with E-state index >= 15 is 0 Å². The fraction of sp³-hybridized carbons (Fsp3) is 0.0123. The lowest BCUT2D eigenvalue weighted by atomic mass is 9.85. The van der Waals surface area contributed by atoms with Crippen molar-refractivity contribution in [1.29, 1.82) is 0 Å². The third kappa shape index (κ3) is 7.76. The van der Waals surface area contributed by atoms with Crippen LogP contribution in [0.2, 0.25) is 0 Å². The largest absolute Gasteiger partial charge is 0.292 e. The fourth-order valence-corrected chi connectivity index (χ4v) is 13.9. The maximum Gasteiger partial charge on any atom is 0.264 e. The highest BCUT2D eigenvalue weighted by molar-refractivity contribution is 6.23. The van der Waals surface area contributed by atoms with E-state index in [1.807, 2.05) is 0 Å². The topological polar surface area (TPSA) is 26.6 Å². The summed E-state index contributed by atoms with van der Waals surface area (Å²) in [5.41, 5.74) is 18.6. The Morgan fingerprint density at radius 3 is 1.22 bits per heavy atom. The highest BCUT2D eigenvalue weighted by Crippen LogP contribution is 2.47. The van der Waals surface area contributed by atoms with Gasteiger partial charge in [0.25, 0.3) is 5.82 Å². The summed E-state index contributed by atoms with van der Waals surface area (Å²) in [5, 5.41) is 14.8. The molecule has 0 saturated heterocycles. The van der Waals surface area contributed by atoms with Crippen molar-refractivity contribution >= 4 is 86.7 Å². The van der Waals surface area contributed by atoms with Gasteiger partial charge in [-0.3, -0.25) is 4.57 Å². The SMILES string of the molecule is Cc1n(-c2ccc(-c3c4ccccc4c(-c4ccc5ccccc5c4)c4ccccc34)cc2)c2ccccc2[n+]1-c1ccc2cc(-c3c4ccccc4c(-c4ccc(-n5c(-c6ccccc6)nc6ccccc65)cc4)c4ccccc34)ccc2c1. The molecule has 2 aromatic heterocycles. The molecule has 2 heterocycles. The van der Waals surface area contributed by atoms with Gasteiger partial charge in [0.2, 0.25) is 0 Å². The van der Waals surface area contributed by atoms with Crippen molar-refractivity contribution in [3.05, 3.63) is 309 Å². The van der Waals surface area contributed by atoms with Crippen LogP contribution in [-0.2, 0) is 0 Å². The van der Waals surface area contributed by atoms with Crippen LogP contribution < -0.4 is 4.57 Å². The first-order valence-electron chi connectivity index (χ1n) is 29.3. The number of nitrogens with zero attached hydrogens (tertiary/aromatic N) is 4. The third-order valence-corrected chi connectivity index (χ3v) is 17.7. The molecule has 0 atom stereocenters. The Bertz CT molecular complexity index is 5420. The summed E-state index contributed by atoms with van der Waals surface area (Å²) < 4.78 is 7.10. The Labute approximate surface area is 491 Å². The van der Waals surface area contributed by atoms with Crippen LogP contribution in [0, 0.1) is 6.92 Å². The second kappa shape index (κ2) is 19.5. The molecule has 0 aliphatic heterocycles. The van der Waals surface area contributed by atoms with Crippen LogP contribution in [0.5, 0.6) is 0 Å². The van der Waals surface area contributed by atoms with Crippen LogP contribution in [0.25, 0.3) is 160 Å². The van der Waals surface area contributed by atoms with E-state index in [0.29, 0.717) is 0 Å². The Hall–Kier alpha value is -11.2. The zero-order valence-electron chi connectivity index (χ0n) is 46.7. The summed E-state index contributed by atoms with van der Waals surface area (Å²) in [6.45, 7) is 2.24. The molecule has 0 bridgehead atoms. The van der Waals surface area contributed by atoms with Gasteiger partial charge in [-0.1, -0.05) is 231 Å². The van der Waals surface area contributed by atoms with Gasteiger partial charge in [0.1, 0.15) is 17.2 Å². The molecule has 0 fully saturated rings. The number of aromatic nitrogens is 4. The minimum absolute atomic E-state index is 0.931. The molecular weight excluding hydrogens is 1030 g/mol. The first kappa shape index (κ1) is 48.5. The summed E-state index contributed by atoms with van der Waals surface area (Å²) in [4.78, 5) is 5.12. The molecule has 17 rings (SSSR count). The molecule has 0 aliphatic carbocycles. The highest BCUT2D eigenvalue weighted by atomic mass is 15.2. The maximum absolute atomic E-state index is 5.12. The first-order chi connectivity index (χ1) is 42.1. The molecule has 396 valence electrons. The van der Waals surface area contributed by atoms with Crippen molar-refractivity contribution in [2.24, 2.45) is 0 Å². The first-order valence-corrected chi connectivity index (χ1v) is 29.3. The highest BCUT2D eigenvalue weighted by Gasteiger charge is 2.26. The Balaban J connectivity index is 0.731. The van der Waals surface area contributed by atoms with E-state index in [0.717, 1.165) is 56.3 Å². The lowest BCUT2D eigenvalue weighted by molar-refractivity contribution is -0.575. The van der Waals surface area contributed by atoms with Crippen LogP contribution >= 0.6 is 0 Å². The number of hydrogen-bond donors (Lipinski definition) is 0. The third-order valence-electron chi connectivity index (χ3n) is 17.7. The van der Waals surface area contributed by atoms with Crippen molar-refractivity contribution in [2.75, 3.05) is 0 Å². The van der Waals surface area contributed by atoms with E-state index < -0.39 is 0 Å². The van der Waals surface area contributed by atoms with Crippen molar-refractivity contribution in [3.63, 3.8) is 0 Å². The van der Waals surface area contributed by atoms with Crippen molar-refractivity contribution in [2.45, 2.75) is 6.92 Å². The molecule has 0 N–H and O–H groups in total. The zero-order chi connectivity index (χ0) is 56.1. The van der Waals surface area contributed by atoms with Gasteiger partial charge >= 0.3 is 0 Å². The molecule has 0 amide bonds. The molecule has 4 nitrogen and oxygen atoms in total. The maximum atomic E-state index is 5.12. The second-order valence-electron chi connectivity index (χ2n) is 22.4.